The number of hydrogen-bond donors (Lipinski definition) is 1. The second kappa shape index (κ2) is 5.09. The molecule has 0 aliphatic rings. The maximum Gasteiger partial charge on any atom is 0.327 e. The van der Waals surface area contributed by atoms with Crippen LogP contribution in [0.2, 0.25) is 0 Å². The summed E-state index contributed by atoms with van der Waals surface area (Å²) in [7, 11) is 3.92. The van der Waals surface area contributed by atoms with Crippen molar-refractivity contribution in [3.8, 4) is 0 Å². The lowest BCUT2D eigenvalue weighted by atomic mass is 10.1. The normalized spacial score (nSPS) is 13.2. The third kappa shape index (κ3) is 4.75. The van der Waals surface area contributed by atoms with Crippen LogP contribution in [-0.4, -0.2) is 31.5 Å². The molecule has 0 amide bonds. The van der Waals surface area contributed by atoms with Crippen molar-refractivity contribution in [3.63, 3.8) is 0 Å². The molecule has 4 heteroatoms. The quantitative estimate of drug-likeness (QED) is 0.588. The fraction of sp³-hybridized carbons (Fsp3) is 0.857. The fourth-order valence-corrected chi connectivity index (χ4v) is 0.686. The SMILES string of the molecule is CC(CCN(C)C)C(=O)ON. The Labute approximate surface area is 67.3 Å². The third-order valence-corrected chi connectivity index (χ3v) is 1.53. The summed E-state index contributed by atoms with van der Waals surface area (Å²) in [6.07, 6.45) is 0.781. The van der Waals surface area contributed by atoms with Gasteiger partial charge in [0, 0.05) is 0 Å². The minimum Gasteiger partial charge on any atom is -0.373 e. The van der Waals surface area contributed by atoms with Crippen LogP contribution in [0.5, 0.6) is 0 Å². The summed E-state index contributed by atoms with van der Waals surface area (Å²) < 4.78 is 0. The fourth-order valence-electron chi connectivity index (χ4n) is 0.686. The first-order chi connectivity index (χ1) is 5.07. The van der Waals surface area contributed by atoms with Gasteiger partial charge < -0.3 is 9.74 Å². The molecule has 0 spiro atoms. The first-order valence-electron chi connectivity index (χ1n) is 3.63. The molecule has 0 rings (SSSR count). The summed E-state index contributed by atoms with van der Waals surface area (Å²) in [6.45, 7) is 2.68. The molecule has 2 N–H and O–H groups in total. The molecule has 0 aromatic heterocycles. The lowest BCUT2D eigenvalue weighted by Crippen LogP contribution is -2.23. The lowest BCUT2D eigenvalue weighted by Gasteiger charge is -2.12. The van der Waals surface area contributed by atoms with Gasteiger partial charge in [-0.2, -0.15) is 5.90 Å². The van der Waals surface area contributed by atoms with Gasteiger partial charge in [0.2, 0.25) is 0 Å². The average Bonchev–Trinajstić information content (AvgIpc) is 1.98. The highest BCUT2D eigenvalue weighted by Gasteiger charge is 2.12. The summed E-state index contributed by atoms with van der Waals surface area (Å²) in [4.78, 5) is 16.9. The molecule has 0 aromatic carbocycles. The van der Waals surface area contributed by atoms with Gasteiger partial charge in [-0.25, -0.2) is 0 Å². The van der Waals surface area contributed by atoms with E-state index in [9.17, 15) is 4.79 Å². The predicted octanol–water partition coefficient (Wildman–Crippen LogP) is -0.00890. The molecule has 66 valence electrons. The first kappa shape index (κ1) is 10.4. The number of hydrogen-bond acceptors (Lipinski definition) is 4. The molecule has 11 heavy (non-hydrogen) atoms. The van der Waals surface area contributed by atoms with E-state index < -0.39 is 0 Å². The molecular formula is C7H16N2O2. The van der Waals surface area contributed by atoms with Crippen molar-refractivity contribution in [2.45, 2.75) is 13.3 Å². The van der Waals surface area contributed by atoms with Crippen LogP contribution in [0.15, 0.2) is 0 Å². The van der Waals surface area contributed by atoms with Crippen molar-refractivity contribution in [1.82, 2.24) is 4.90 Å². The molecule has 1 atom stereocenters. The number of carbonyl (C=O) groups excluding carboxylic acids is 1. The molecule has 0 saturated carbocycles. The Morgan fingerprint density at radius 1 is 1.64 bits per heavy atom. The van der Waals surface area contributed by atoms with E-state index in [1.54, 1.807) is 6.92 Å². The Kier molecular flexibility index (Phi) is 4.81. The van der Waals surface area contributed by atoms with Gasteiger partial charge in [-0.05, 0) is 27.1 Å². The van der Waals surface area contributed by atoms with E-state index in [1.807, 2.05) is 19.0 Å². The van der Waals surface area contributed by atoms with Gasteiger partial charge in [0.25, 0.3) is 0 Å². The first-order valence-corrected chi connectivity index (χ1v) is 3.63. The zero-order valence-corrected chi connectivity index (χ0v) is 7.33. The smallest absolute Gasteiger partial charge is 0.327 e. The summed E-state index contributed by atoms with van der Waals surface area (Å²) in [5.41, 5.74) is 0. The van der Waals surface area contributed by atoms with E-state index >= 15 is 0 Å². The van der Waals surface area contributed by atoms with Crippen LogP contribution >= 0.6 is 0 Å². The second-order valence-corrected chi connectivity index (χ2v) is 2.93. The molecule has 4 nitrogen and oxygen atoms in total. The zero-order valence-electron chi connectivity index (χ0n) is 7.33. The van der Waals surface area contributed by atoms with Crippen LogP contribution in [0.1, 0.15) is 13.3 Å². The molecule has 0 fully saturated rings. The summed E-state index contributed by atoms with van der Waals surface area (Å²) in [6, 6.07) is 0. The van der Waals surface area contributed by atoms with Crippen molar-refractivity contribution in [1.29, 1.82) is 0 Å². The molecule has 0 aliphatic carbocycles. The van der Waals surface area contributed by atoms with Gasteiger partial charge in [0.1, 0.15) is 0 Å². The standard InChI is InChI=1S/C7H16N2O2/c1-6(7(10)11-8)4-5-9(2)3/h6H,4-5,8H2,1-3H3. The van der Waals surface area contributed by atoms with Gasteiger partial charge in [0.05, 0.1) is 5.92 Å². The van der Waals surface area contributed by atoms with Gasteiger partial charge in [-0.3, -0.25) is 4.79 Å². The van der Waals surface area contributed by atoms with Gasteiger partial charge in [-0.1, -0.05) is 6.92 Å². The van der Waals surface area contributed by atoms with Crippen LogP contribution in [0.4, 0.5) is 0 Å². The minimum atomic E-state index is -0.341. The topological polar surface area (TPSA) is 55.6 Å². The molecule has 1 unspecified atom stereocenters. The molecule has 0 bridgehead atoms. The van der Waals surface area contributed by atoms with E-state index in [4.69, 9.17) is 5.90 Å². The van der Waals surface area contributed by atoms with Crippen LogP contribution in [0.3, 0.4) is 0 Å². The Balaban J connectivity index is 3.52. The summed E-state index contributed by atoms with van der Waals surface area (Å²) >= 11 is 0. The van der Waals surface area contributed by atoms with E-state index in [0.29, 0.717) is 0 Å². The average molecular weight is 160 g/mol. The van der Waals surface area contributed by atoms with Crippen molar-refractivity contribution in [2.75, 3.05) is 20.6 Å². The van der Waals surface area contributed by atoms with Crippen LogP contribution in [-0.2, 0) is 9.63 Å². The Morgan fingerprint density at radius 3 is 2.55 bits per heavy atom. The van der Waals surface area contributed by atoms with E-state index in [1.165, 1.54) is 0 Å². The zero-order chi connectivity index (χ0) is 8.85. The Bertz CT molecular complexity index is 126. The maximum absolute atomic E-state index is 10.8. The highest BCUT2D eigenvalue weighted by Crippen LogP contribution is 2.02. The van der Waals surface area contributed by atoms with Gasteiger partial charge in [0.15, 0.2) is 0 Å². The number of nitrogens with two attached hydrogens (primary N) is 1. The molecule has 0 heterocycles. The number of nitrogens with zero attached hydrogens (tertiary/aromatic N) is 1. The Hall–Kier alpha value is -0.610. The summed E-state index contributed by atoms with van der Waals surface area (Å²) in [5, 5.41) is 0. The third-order valence-electron chi connectivity index (χ3n) is 1.53. The number of rotatable bonds is 4. The molecular weight excluding hydrogens is 144 g/mol. The highest BCUT2D eigenvalue weighted by molar-refractivity contribution is 5.71. The van der Waals surface area contributed by atoms with Gasteiger partial charge in [-0.15, -0.1) is 0 Å². The van der Waals surface area contributed by atoms with Crippen molar-refractivity contribution < 1.29 is 9.63 Å². The maximum atomic E-state index is 10.8. The van der Waals surface area contributed by atoms with Gasteiger partial charge >= 0.3 is 5.97 Å². The highest BCUT2D eigenvalue weighted by atomic mass is 16.7. The second-order valence-electron chi connectivity index (χ2n) is 2.93. The van der Waals surface area contributed by atoms with Crippen molar-refractivity contribution in [3.05, 3.63) is 0 Å². The predicted molar refractivity (Wildman–Crippen MR) is 42.6 cm³/mol. The monoisotopic (exact) mass is 160 g/mol. The van der Waals surface area contributed by atoms with Crippen LogP contribution in [0.25, 0.3) is 0 Å². The van der Waals surface area contributed by atoms with E-state index in [2.05, 4.69) is 4.84 Å². The largest absolute Gasteiger partial charge is 0.373 e. The lowest BCUT2D eigenvalue weighted by molar-refractivity contribution is -0.148. The van der Waals surface area contributed by atoms with Crippen LogP contribution in [0, 0.1) is 5.92 Å². The summed E-state index contributed by atoms with van der Waals surface area (Å²) in [5.74, 6) is 4.27. The van der Waals surface area contributed by atoms with Crippen molar-refractivity contribution >= 4 is 5.97 Å². The van der Waals surface area contributed by atoms with Crippen LogP contribution < -0.4 is 5.90 Å². The Morgan fingerprint density at radius 2 is 2.18 bits per heavy atom. The number of carbonyl (C=O) groups is 1. The molecule has 0 aromatic rings. The molecule has 0 saturated heterocycles. The molecule has 0 radical (unpaired) electrons. The van der Waals surface area contributed by atoms with E-state index in [-0.39, 0.29) is 11.9 Å². The minimum absolute atomic E-state index is 0.109. The molecule has 0 aliphatic heterocycles. The van der Waals surface area contributed by atoms with Crippen molar-refractivity contribution in [2.24, 2.45) is 11.8 Å². The van der Waals surface area contributed by atoms with E-state index in [0.717, 1.165) is 13.0 Å².